The van der Waals surface area contributed by atoms with Crippen LogP contribution in [0.15, 0.2) is 35.5 Å². The van der Waals surface area contributed by atoms with E-state index in [1.54, 1.807) is 16.7 Å². The molecule has 0 bridgehead atoms. The Hall–Kier alpha value is -1.93. The Kier molecular flexibility index (Phi) is 4.29. The summed E-state index contributed by atoms with van der Waals surface area (Å²) in [6.45, 7) is 2.21. The summed E-state index contributed by atoms with van der Waals surface area (Å²) < 4.78 is 24.3. The SMILES string of the molecule is CCc1nc(S(=O)(=O)Cl)cn1Cc1ccc([N+](=O)[O-])cc1. The number of aromatic nitrogens is 2. The molecule has 0 aliphatic rings. The van der Waals surface area contributed by atoms with Gasteiger partial charge in [0.2, 0.25) is 0 Å². The molecule has 7 nitrogen and oxygen atoms in total. The average molecular weight is 330 g/mol. The Morgan fingerprint density at radius 3 is 2.43 bits per heavy atom. The van der Waals surface area contributed by atoms with Crippen molar-refractivity contribution in [2.45, 2.75) is 24.9 Å². The molecule has 1 aromatic carbocycles. The zero-order valence-electron chi connectivity index (χ0n) is 11.1. The molecule has 9 heteroatoms. The van der Waals surface area contributed by atoms with Crippen LogP contribution in [0.3, 0.4) is 0 Å². The molecular weight excluding hydrogens is 318 g/mol. The first-order valence-corrected chi connectivity index (χ1v) is 8.36. The number of hydrogen-bond donors (Lipinski definition) is 0. The first kappa shape index (κ1) is 15.5. The number of nitrogens with zero attached hydrogens (tertiary/aromatic N) is 3. The molecular formula is C12H12ClN3O4S. The predicted molar refractivity (Wildman–Crippen MR) is 76.8 cm³/mol. The normalized spacial score (nSPS) is 11.5. The second-order valence-corrected chi connectivity index (χ2v) is 6.85. The minimum atomic E-state index is -3.87. The zero-order chi connectivity index (χ0) is 15.6. The van der Waals surface area contributed by atoms with Gasteiger partial charge in [0.15, 0.2) is 5.03 Å². The van der Waals surface area contributed by atoms with Crippen LogP contribution in [0.4, 0.5) is 5.69 Å². The number of imidazole rings is 1. The Morgan fingerprint density at radius 2 is 1.95 bits per heavy atom. The summed E-state index contributed by atoms with van der Waals surface area (Å²) in [6, 6.07) is 6.03. The van der Waals surface area contributed by atoms with Crippen molar-refractivity contribution in [1.82, 2.24) is 9.55 Å². The van der Waals surface area contributed by atoms with Crippen molar-refractivity contribution in [2.75, 3.05) is 0 Å². The number of halogens is 1. The smallest absolute Gasteiger partial charge is 0.280 e. The third-order valence-corrected chi connectivity index (χ3v) is 4.07. The number of rotatable bonds is 5. The van der Waals surface area contributed by atoms with Crippen LogP contribution in [0, 0.1) is 10.1 Å². The number of benzene rings is 1. The number of non-ortho nitro benzene ring substituents is 1. The Labute approximate surface area is 125 Å². The molecule has 2 aromatic rings. The zero-order valence-corrected chi connectivity index (χ0v) is 12.6. The monoisotopic (exact) mass is 329 g/mol. The second kappa shape index (κ2) is 5.82. The van der Waals surface area contributed by atoms with Gasteiger partial charge in [0.05, 0.1) is 4.92 Å². The third kappa shape index (κ3) is 3.59. The Morgan fingerprint density at radius 1 is 1.33 bits per heavy atom. The van der Waals surface area contributed by atoms with Crippen LogP contribution < -0.4 is 0 Å². The largest absolute Gasteiger partial charge is 0.329 e. The molecule has 0 atom stereocenters. The van der Waals surface area contributed by atoms with Gasteiger partial charge in [-0.25, -0.2) is 13.4 Å². The fraction of sp³-hybridized carbons (Fsp3) is 0.250. The molecule has 0 unspecified atom stereocenters. The van der Waals surface area contributed by atoms with Crippen molar-refractivity contribution in [3.8, 4) is 0 Å². The van der Waals surface area contributed by atoms with Gasteiger partial charge >= 0.3 is 0 Å². The van der Waals surface area contributed by atoms with Crippen molar-refractivity contribution < 1.29 is 13.3 Å². The molecule has 0 N–H and O–H groups in total. The molecule has 2 rings (SSSR count). The maximum atomic E-state index is 11.3. The van der Waals surface area contributed by atoms with Gasteiger partial charge in [0.25, 0.3) is 14.7 Å². The van der Waals surface area contributed by atoms with E-state index in [1.807, 2.05) is 6.92 Å². The average Bonchev–Trinajstić information content (AvgIpc) is 2.82. The molecule has 0 saturated carbocycles. The molecule has 0 fully saturated rings. The molecule has 0 spiro atoms. The lowest BCUT2D eigenvalue weighted by Gasteiger charge is -2.05. The highest BCUT2D eigenvalue weighted by Gasteiger charge is 2.17. The van der Waals surface area contributed by atoms with E-state index in [0.29, 0.717) is 18.8 Å². The molecule has 21 heavy (non-hydrogen) atoms. The minimum absolute atomic E-state index is 0.00382. The van der Waals surface area contributed by atoms with Gasteiger partial charge in [-0.05, 0) is 5.56 Å². The third-order valence-electron chi connectivity index (χ3n) is 2.90. The van der Waals surface area contributed by atoms with E-state index in [1.165, 1.54) is 18.3 Å². The van der Waals surface area contributed by atoms with Crippen LogP contribution in [0.5, 0.6) is 0 Å². The summed E-state index contributed by atoms with van der Waals surface area (Å²) in [5, 5.41) is 10.4. The molecule has 112 valence electrons. The van der Waals surface area contributed by atoms with Crippen molar-refractivity contribution in [3.05, 3.63) is 52.0 Å². The highest BCUT2D eigenvalue weighted by atomic mass is 35.7. The van der Waals surface area contributed by atoms with E-state index in [4.69, 9.17) is 10.7 Å². The Balaban J connectivity index is 2.30. The quantitative estimate of drug-likeness (QED) is 0.476. The highest BCUT2D eigenvalue weighted by Crippen LogP contribution is 2.18. The highest BCUT2D eigenvalue weighted by molar-refractivity contribution is 8.13. The molecule has 0 aliphatic carbocycles. The fourth-order valence-electron chi connectivity index (χ4n) is 1.88. The Bertz CT molecular complexity index is 768. The van der Waals surface area contributed by atoms with E-state index in [2.05, 4.69) is 4.98 Å². The van der Waals surface area contributed by atoms with Crippen LogP contribution in [-0.2, 0) is 22.0 Å². The number of nitro groups is 1. The number of nitro benzene ring substituents is 1. The molecule has 0 aliphatic heterocycles. The fourth-order valence-corrected chi connectivity index (χ4v) is 2.57. The van der Waals surface area contributed by atoms with Gasteiger partial charge in [-0.2, -0.15) is 0 Å². The minimum Gasteiger partial charge on any atom is -0.329 e. The lowest BCUT2D eigenvalue weighted by molar-refractivity contribution is -0.384. The summed E-state index contributed by atoms with van der Waals surface area (Å²) in [6.07, 6.45) is 1.90. The van der Waals surface area contributed by atoms with Crippen LogP contribution in [0.2, 0.25) is 0 Å². The van der Waals surface area contributed by atoms with Gasteiger partial charge in [0, 0.05) is 42.0 Å². The van der Waals surface area contributed by atoms with Gasteiger partial charge in [-0.1, -0.05) is 19.1 Å². The lowest BCUT2D eigenvalue weighted by Crippen LogP contribution is -2.03. The molecule has 0 saturated heterocycles. The van der Waals surface area contributed by atoms with E-state index >= 15 is 0 Å². The first-order chi connectivity index (χ1) is 9.81. The van der Waals surface area contributed by atoms with Crippen LogP contribution in [0.25, 0.3) is 0 Å². The van der Waals surface area contributed by atoms with E-state index in [0.717, 1.165) is 5.56 Å². The molecule has 0 amide bonds. The van der Waals surface area contributed by atoms with Crippen LogP contribution in [-0.4, -0.2) is 22.9 Å². The summed E-state index contributed by atoms with van der Waals surface area (Å²) in [5.74, 6) is 0.576. The summed E-state index contributed by atoms with van der Waals surface area (Å²) in [7, 11) is 1.41. The van der Waals surface area contributed by atoms with Gasteiger partial charge in [0.1, 0.15) is 5.82 Å². The maximum absolute atomic E-state index is 11.3. The summed E-state index contributed by atoms with van der Waals surface area (Å²) in [5.41, 5.74) is 0.801. The maximum Gasteiger partial charge on any atom is 0.280 e. The van der Waals surface area contributed by atoms with Crippen molar-refractivity contribution >= 4 is 25.4 Å². The van der Waals surface area contributed by atoms with Crippen molar-refractivity contribution in [2.24, 2.45) is 0 Å². The van der Waals surface area contributed by atoms with E-state index < -0.39 is 14.0 Å². The van der Waals surface area contributed by atoms with E-state index in [-0.39, 0.29) is 10.7 Å². The molecule has 1 heterocycles. The lowest BCUT2D eigenvalue weighted by atomic mass is 10.2. The second-order valence-electron chi connectivity index (χ2n) is 4.34. The number of aryl methyl sites for hydroxylation is 1. The number of hydrogen-bond acceptors (Lipinski definition) is 5. The van der Waals surface area contributed by atoms with Crippen molar-refractivity contribution in [1.29, 1.82) is 0 Å². The van der Waals surface area contributed by atoms with Gasteiger partial charge in [-0.15, -0.1) is 0 Å². The van der Waals surface area contributed by atoms with Crippen molar-refractivity contribution in [3.63, 3.8) is 0 Å². The van der Waals surface area contributed by atoms with Gasteiger partial charge in [-0.3, -0.25) is 10.1 Å². The molecule has 1 aromatic heterocycles. The standard InChI is InChI=1S/C12H12ClN3O4S/c1-2-11-14-12(21(13,19)20)8-15(11)7-9-3-5-10(6-4-9)16(17)18/h3-6,8H,2,7H2,1H3. The summed E-state index contributed by atoms with van der Waals surface area (Å²) >= 11 is 0. The van der Waals surface area contributed by atoms with Gasteiger partial charge < -0.3 is 4.57 Å². The summed E-state index contributed by atoms with van der Waals surface area (Å²) in [4.78, 5) is 14.1. The van der Waals surface area contributed by atoms with Crippen LogP contribution >= 0.6 is 10.7 Å². The molecule has 0 radical (unpaired) electrons. The van der Waals surface area contributed by atoms with Crippen LogP contribution in [0.1, 0.15) is 18.3 Å². The van der Waals surface area contributed by atoms with E-state index in [9.17, 15) is 18.5 Å². The first-order valence-electron chi connectivity index (χ1n) is 6.05. The predicted octanol–water partition coefficient (Wildman–Crippen LogP) is 2.33. The topological polar surface area (TPSA) is 95.1 Å².